The molecule has 5 nitrogen and oxygen atoms in total. The van der Waals surface area contributed by atoms with Gasteiger partial charge in [-0.25, -0.2) is 4.98 Å². The number of anilines is 1. The summed E-state index contributed by atoms with van der Waals surface area (Å²) in [6, 6.07) is 1.50. The first-order valence-electron chi connectivity index (χ1n) is 5.62. The largest absolute Gasteiger partial charge is 0.431 e. The molecule has 19 heavy (non-hydrogen) atoms. The van der Waals surface area contributed by atoms with Crippen LogP contribution >= 0.6 is 0 Å². The average molecular weight is 270 g/mol. The highest BCUT2D eigenvalue weighted by molar-refractivity contribution is 6.06. The second kappa shape index (κ2) is 6.67. The van der Waals surface area contributed by atoms with Crippen molar-refractivity contribution in [3.63, 3.8) is 0 Å². The third kappa shape index (κ3) is 4.90. The minimum absolute atomic E-state index is 0.111. The van der Waals surface area contributed by atoms with Crippen LogP contribution < -0.4 is 15.8 Å². The summed E-state index contributed by atoms with van der Waals surface area (Å²) in [5.41, 5.74) is 5.86. The maximum atomic E-state index is 12.1. The molecular formula is C12H16F2N4O. The van der Waals surface area contributed by atoms with Crippen LogP contribution in [0.5, 0.6) is 5.75 Å². The van der Waals surface area contributed by atoms with Crippen LogP contribution in [0.25, 0.3) is 0 Å². The normalized spacial score (nSPS) is 11.3. The van der Waals surface area contributed by atoms with E-state index in [4.69, 9.17) is 11.1 Å². The van der Waals surface area contributed by atoms with Crippen molar-refractivity contribution in [1.29, 1.82) is 5.41 Å². The number of allylic oxidation sites excluding steroid dienone is 1. The Bertz CT molecular complexity index is 475. The molecule has 0 aliphatic carbocycles. The van der Waals surface area contributed by atoms with Crippen molar-refractivity contribution in [2.75, 3.05) is 5.73 Å². The maximum absolute atomic E-state index is 12.1. The number of nitrogens with one attached hydrogen (secondary N) is 2. The Balaban J connectivity index is 2.83. The van der Waals surface area contributed by atoms with Gasteiger partial charge in [-0.15, -0.1) is 0 Å². The van der Waals surface area contributed by atoms with Crippen LogP contribution in [0.3, 0.4) is 0 Å². The molecule has 1 aromatic rings. The molecule has 0 radical (unpaired) electrons. The summed E-state index contributed by atoms with van der Waals surface area (Å²) in [5.74, 6) is -0.372. The van der Waals surface area contributed by atoms with Crippen molar-refractivity contribution in [2.45, 2.75) is 26.5 Å². The van der Waals surface area contributed by atoms with Crippen LogP contribution in [0.2, 0.25) is 0 Å². The lowest BCUT2D eigenvalue weighted by Gasteiger charge is -2.08. The van der Waals surface area contributed by atoms with Gasteiger partial charge in [-0.3, -0.25) is 0 Å². The smallest absolute Gasteiger partial charge is 0.387 e. The molecule has 0 aromatic carbocycles. The standard InChI is InChI=1S/C12H16F2N4O/c1-7(2)17-4-3-9(15)8-5-10(19-12(13)14)11(16)18-6-8/h3-7,12,15,17H,1-2H3,(H2,16,18)/b4-3-,15-9?. The fourth-order valence-corrected chi connectivity index (χ4v) is 1.21. The minimum Gasteiger partial charge on any atom is -0.431 e. The van der Waals surface area contributed by atoms with E-state index >= 15 is 0 Å². The minimum atomic E-state index is -2.98. The first-order valence-corrected chi connectivity index (χ1v) is 5.62. The number of halogens is 2. The van der Waals surface area contributed by atoms with Gasteiger partial charge in [-0.1, -0.05) is 0 Å². The molecule has 1 aromatic heterocycles. The van der Waals surface area contributed by atoms with E-state index in [1.54, 1.807) is 6.20 Å². The number of aromatic nitrogens is 1. The van der Waals surface area contributed by atoms with E-state index in [0.717, 1.165) is 0 Å². The van der Waals surface area contributed by atoms with Gasteiger partial charge < -0.3 is 21.2 Å². The van der Waals surface area contributed by atoms with E-state index < -0.39 is 6.61 Å². The molecule has 0 bridgehead atoms. The van der Waals surface area contributed by atoms with E-state index in [9.17, 15) is 8.78 Å². The van der Waals surface area contributed by atoms with Crippen molar-refractivity contribution in [3.8, 4) is 5.75 Å². The zero-order valence-corrected chi connectivity index (χ0v) is 10.7. The number of rotatable bonds is 6. The van der Waals surface area contributed by atoms with Crippen LogP contribution in [0.1, 0.15) is 19.4 Å². The number of nitrogen functional groups attached to an aromatic ring is 1. The lowest BCUT2D eigenvalue weighted by molar-refractivity contribution is -0.0495. The number of alkyl halides is 2. The van der Waals surface area contributed by atoms with E-state index in [1.807, 2.05) is 13.8 Å². The van der Waals surface area contributed by atoms with E-state index in [2.05, 4.69) is 15.0 Å². The number of pyridine rings is 1. The van der Waals surface area contributed by atoms with Gasteiger partial charge in [0.1, 0.15) is 0 Å². The average Bonchev–Trinajstić information content (AvgIpc) is 2.30. The van der Waals surface area contributed by atoms with Crippen LogP contribution in [0, 0.1) is 5.41 Å². The summed E-state index contributed by atoms with van der Waals surface area (Å²) < 4.78 is 28.5. The SMILES string of the molecule is CC(C)N/C=C\C(=N)c1cnc(N)c(OC(F)F)c1. The Hall–Kier alpha value is -2.18. The van der Waals surface area contributed by atoms with Gasteiger partial charge in [0.05, 0.1) is 5.71 Å². The van der Waals surface area contributed by atoms with Crippen LogP contribution in [-0.4, -0.2) is 23.3 Å². The second-order valence-corrected chi connectivity index (χ2v) is 4.05. The van der Waals surface area contributed by atoms with E-state index in [1.165, 1.54) is 18.3 Å². The Kier molecular flexibility index (Phi) is 5.23. The Morgan fingerprint density at radius 3 is 2.79 bits per heavy atom. The molecule has 104 valence electrons. The fraction of sp³-hybridized carbons (Fsp3) is 0.333. The quantitative estimate of drug-likeness (QED) is 0.691. The van der Waals surface area contributed by atoms with Crippen molar-refractivity contribution in [2.24, 2.45) is 0 Å². The van der Waals surface area contributed by atoms with Gasteiger partial charge in [0.2, 0.25) is 0 Å². The second-order valence-electron chi connectivity index (χ2n) is 4.05. The highest BCUT2D eigenvalue weighted by Gasteiger charge is 2.11. The first kappa shape index (κ1) is 14.9. The van der Waals surface area contributed by atoms with Crippen LogP contribution in [0.15, 0.2) is 24.5 Å². The van der Waals surface area contributed by atoms with Gasteiger partial charge in [0.25, 0.3) is 0 Å². The maximum Gasteiger partial charge on any atom is 0.387 e. The molecule has 4 N–H and O–H groups in total. The zero-order valence-electron chi connectivity index (χ0n) is 10.7. The monoisotopic (exact) mass is 270 g/mol. The molecule has 0 saturated heterocycles. The molecule has 0 fully saturated rings. The zero-order chi connectivity index (χ0) is 14.4. The number of hydrogen-bond donors (Lipinski definition) is 3. The van der Waals surface area contributed by atoms with Gasteiger partial charge in [0, 0.05) is 17.8 Å². The van der Waals surface area contributed by atoms with Gasteiger partial charge in [-0.2, -0.15) is 8.78 Å². The molecular weight excluding hydrogens is 254 g/mol. The summed E-state index contributed by atoms with van der Waals surface area (Å²) in [6.45, 7) is 0.923. The molecule has 0 saturated carbocycles. The van der Waals surface area contributed by atoms with Crippen molar-refractivity contribution >= 4 is 11.5 Å². The lowest BCUT2D eigenvalue weighted by Crippen LogP contribution is -2.15. The molecule has 7 heteroatoms. The number of nitrogens with two attached hydrogens (primary N) is 1. The molecule has 0 atom stereocenters. The predicted octanol–water partition coefficient (Wildman–Crippen LogP) is 2.14. The van der Waals surface area contributed by atoms with Gasteiger partial charge in [0.15, 0.2) is 11.6 Å². The molecule has 0 amide bonds. The Morgan fingerprint density at radius 2 is 2.21 bits per heavy atom. The molecule has 0 aliphatic rings. The lowest BCUT2D eigenvalue weighted by atomic mass is 10.1. The van der Waals surface area contributed by atoms with Crippen LogP contribution in [0.4, 0.5) is 14.6 Å². The Labute approximate surface area is 110 Å². The third-order valence-corrected chi connectivity index (χ3v) is 2.09. The molecule has 1 rings (SSSR count). The molecule has 0 unspecified atom stereocenters. The summed E-state index contributed by atoms with van der Waals surface area (Å²) in [6.07, 6.45) is 4.44. The number of hydrogen-bond acceptors (Lipinski definition) is 5. The van der Waals surface area contributed by atoms with Crippen LogP contribution in [-0.2, 0) is 0 Å². The van der Waals surface area contributed by atoms with E-state index in [0.29, 0.717) is 5.56 Å². The predicted molar refractivity (Wildman–Crippen MR) is 69.5 cm³/mol. The summed E-state index contributed by atoms with van der Waals surface area (Å²) in [5, 5.41) is 10.8. The topological polar surface area (TPSA) is 84.0 Å². The highest BCUT2D eigenvalue weighted by atomic mass is 19.3. The molecule has 0 aliphatic heterocycles. The first-order chi connectivity index (χ1) is 8.90. The third-order valence-electron chi connectivity index (χ3n) is 2.09. The number of ether oxygens (including phenoxy) is 1. The van der Waals surface area contributed by atoms with E-state index in [-0.39, 0.29) is 23.3 Å². The fourth-order valence-electron chi connectivity index (χ4n) is 1.21. The molecule has 1 heterocycles. The van der Waals surface area contributed by atoms with Crippen molar-refractivity contribution < 1.29 is 13.5 Å². The summed E-state index contributed by atoms with van der Waals surface area (Å²) >= 11 is 0. The van der Waals surface area contributed by atoms with Gasteiger partial charge in [-0.05, 0) is 32.2 Å². The molecule has 0 spiro atoms. The van der Waals surface area contributed by atoms with Crippen molar-refractivity contribution in [3.05, 3.63) is 30.1 Å². The highest BCUT2D eigenvalue weighted by Crippen LogP contribution is 2.22. The van der Waals surface area contributed by atoms with Crippen molar-refractivity contribution in [1.82, 2.24) is 10.3 Å². The summed E-state index contributed by atoms with van der Waals surface area (Å²) in [4.78, 5) is 3.72. The Morgan fingerprint density at radius 1 is 1.53 bits per heavy atom. The van der Waals surface area contributed by atoms with Gasteiger partial charge >= 0.3 is 6.61 Å². The number of nitrogens with zero attached hydrogens (tertiary/aromatic N) is 1. The summed E-state index contributed by atoms with van der Waals surface area (Å²) in [7, 11) is 0.